The number of rotatable bonds is 7. The third-order valence-corrected chi connectivity index (χ3v) is 5.54. The molecule has 1 aliphatic heterocycles. The lowest BCUT2D eigenvalue weighted by Crippen LogP contribution is -2.48. The Balaban J connectivity index is 1.44. The fourth-order valence-electron chi connectivity index (χ4n) is 3.99. The van der Waals surface area contributed by atoms with Crippen molar-refractivity contribution < 1.29 is 4.74 Å². The van der Waals surface area contributed by atoms with Gasteiger partial charge in [0.2, 0.25) is 5.88 Å². The highest BCUT2D eigenvalue weighted by Gasteiger charge is 2.19. The van der Waals surface area contributed by atoms with Crippen LogP contribution in [0, 0.1) is 0 Å². The first-order valence-electron chi connectivity index (χ1n) is 10.6. The van der Waals surface area contributed by atoms with Crippen molar-refractivity contribution in [2.45, 2.75) is 70.6 Å². The zero-order valence-electron chi connectivity index (χ0n) is 16.9. The maximum atomic E-state index is 6.01. The zero-order chi connectivity index (χ0) is 18.9. The van der Waals surface area contributed by atoms with E-state index in [9.17, 15) is 0 Å². The van der Waals surface area contributed by atoms with Crippen LogP contribution < -0.4 is 15.4 Å². The van der Waals surface area contributed by atoms with Crippen LogP contribution in [-0.4, -0.2) is 54.7 Å². The number of nitrogens with zero attached hydrogens (tertiary/aromatic N) is 3. The van der Waals surface area contributed by atoms with Crippen LogP contribution in [0.15, 0.2) is 23.3 Å². The Morgan fingerprint density at radius 1 is 1.26 bits per heavy atom. The molecule has 6 heteroatoms. The highest BCUT2D eigenvalue weighted by atomic mass is 16.5. The van der Waals surface area contributed by atoms with Crippen LogP contribution in [-0.2, 0) is 6.54 Å². The minimum Gasteiger partial charge on any atom is -0.474 e. The Morgan fingerprint density at radius 2 is 2.04 bits per heavy atom. The predicted octanol–water partition coefficient (Wildman–Crippen LogP) is 2.94. The molecule has 6 nitrogen and oxygen atoms in total. The largest absolute Gasteiger partial charge is 0.474 e. The van der Waals surface area contributed by atoms with E-state index in [0.717, 1.165) is 31.2 Å². The molecule has 0 atom stereocenters. The molecule has 2 aliphatic rings. The maximum absolute atomic E-state index is 6.01. The lowest BCUT2D eigenvalue weighted by Gasteiger charge is -2.32. The van der Waals surface area contributed by atoms with Crippen molar-refractivity contribution in [2.24, 2.45) is 4.99 Å². The van der Waals surface area contributed by atoms with Gasteiger partial charge in [0.15, 0.2) is 5.96 Å². The van der Waals surface area contributed by atoms with Crippen LogP contribution in [0.5, 0.6) is 5.88 Å². The third-order valence-electron chi connectivity index (χ3n) is 5.54. The maximum Gasteiger partial charge on any atom is 0.213 e. The van der Waals surface area contributed by atoms with Crippen LogP contribution in [0.2, 0.25) is 0 Å². The first kappa shape index (κ1) is 19.9. The van der Waals surface area contributed by atoms with E-state index >= 15 is 0 Å². The van der Waals surface area contributed by atoms with E-state index in [-0.39, 0.29) is 0 Å². The lowest BCUT2D eigenvalue weighted by atomic mass is 10.1. The molecule has 0 amide bonds. The van der Waals surface area contributed by atoms with Gasteiger partial charge >= 0.3 is 0 Å². The monoisotopic (exact) mass is 373 g/mol. The summed E-state index contributed by atoms with van der Waals surface area (Å²) < 4.78 is 6.01. The Morgan fingerprint density at radius 3 is 2.74 bits per heavy atom. The Kier molecular flexibility index (Phi) is 7.75. The smallest absolute Gasteiger partial charge is 0.213 e. The van der Waals surface area contributed by atoms with Gasteiger partial charge in [-0.2, -0.15) is 0 Å². The number of piperidine rings is 1. The molecule has 0 unspecified atom stereocenters. The summed E-state index contributed by atoms with van der Waals surface area (Å²) in [5.74, 6) is 1.62. The number of pyridine rings is 1. The number of guanidine groups is 1. The average Bonchev–Trinajstić information content (AvgIpc) is 3.20. The SMILES string of the molecule is CCCN1CCC(NC(=NC)NCc2ccnc(OC3CCCC3)c2)CC1. The molecular formula is C21H35N5O. The van der Waals surface area contributed by atoms with Crippen LogP contribution in [0.25, 0.3) is 0 Å². The highest BCUT2D eigenvalue weighted by Crippen LogP contribution is 2.23. The first-order chi connectivity index (χ1) is 13.3. The summed E-state index contributed by atoms with van der Waals surface area (Å²) >= 11 is 0. The summed E-state index contributed by atoms with van der Waals surface area (Å²) in [6, 6.07) is 4.58. The third kappa shape index (κ3) is 6.38. The summed E-state index contributed by atoms with van der Waals surface area (Å²) in [5.41, 5.74) is 1.17. The molecule has 0 aromatic carbocycles. The van der Waals surface area contributed by atoms with E-state index in [4.69, 9.17) is 4.74 Å². The van der Waals surface area contributed by atoms with Crippen LogP contribution in [0.1, 0.15) is 57.4 Å². The van der Waals surface area contributed by atoms with Crippen molar-refractivity contribution >= 4 is 5.96 Å². The van der Waals surface area contributed by atoms with Crippen molar-refractivity contribution in [3.05, 3.63) is 23.9 Å². The molecule has 1 saturated carbocycles. The molecular weight excluding hydrogens is 338 g/mol. The average molecular weight is 374 g/mol. The second kappa shape index (κ2) is 10.5. The van der Waals surface area contributed by atoms with Gasteiger partial charge in [-0.05, 0) is 63.1 Å². The highest BCUT2D eigenvalue weighted by molar-refractivity contribution is 5.79. The molecule has 27 heavy (non-hydrogen) atoms. The van der Waals surface area contributed by atoms with Gasteiger partial charge in [0, 0.05) is 45.0 Å². The fourth-order valence-corrected chi connectivity index (χ4v) is 3.99. The zero-order valence-corrected chi connectivity index (χ0v) is 16.9. The lowest BCUT2D eigenvalue weighted by molar-refractivity contribution is 0.201. The van der Waals surface area contributed by atoms with Gasteiger partial charge in [0.25, 0.3) is 0 Å². The number of likely N-dealkylation sites (tertiary alicyclic amines) is 1. The molecule has 1 aromatic heterocycles. The van der Waals surface area contributed by atoms with E-state index in [1.54, 1.807) is 0 Å². The van der Waals surface area contributed by atoms with Crippen LogP contribution in [0.3, 0.4) is 0 Å². The molecule has 3 rings (SSSR count). The molecule has 2 heterocycles. The minimum absolute atomic E-state index is 0.341. The molecule has 1 aromatic rings. The Labute approximate surface area is 163 Å². The molecule has 1 saturated heterocycles. The van der Waals surface area contributed by atoms with Gasteiger partial charge in [0.05, 0.1) is 0 Å². The van der Waals surface area contributed by atoms with Gasteiger partial charge in [0.1, 0.15) is 6.10 Å². The minimum atomic E-state index is 0.341. The molecule has 2 N–H and O–H groups in total. The molecule has 2 fully saturated rings. The Hall–Kier alpha value is -1.82. The summed E-state index contributed by atoms with van der Waals surface area (Å²) in [6.45, 7) is 6.54. The van der Waals surface area contributed by atoms with Gasteiger partial charge in [-0.15, -0.1) is 0 Å². The topological polar surface area (TPSA) is 61.8 Å². The second-order valence-corrected chi connectivity index (χ2v) is 7.71. The van der Waals surface area contributed by atoms with Crippen LogP contribution in [0.4, 0.5) is 0 Å². The first-order valence-corrected chi connectivity index (χ1v) is 10.6. The van der Waals surface area contributed by atoms with E-state index in [0.29, 0.717) is 12.1 Å². The Bertz CT molecular complexity index is 592. The quantitative estimate of drug-likeness (QED) is 0.568. The number of hydrogen-bond donors (Lipinski definition) is 2. The van der Waals surface area contributed by atoms with Crippen molar-refractivity contribution in [1.82, 2.24) is 20.5 Å². The number of ether oxygens (including phenoxy) is 1. The molecule has 1 aliphatic carbocycles. The van der Waals surface area contributed by atoms with Crippen molar-refractivity contribution in [2.75, 3.05) is 26.7 Å². The molecule has 0 spiro atoms. The second-order valence-electron chi connectivity index (χ2n) is 7.71. The van der Waals surface area contributed by atoms with Gasteiger partial charge in [-0.3, -0.25) is 4.99 Å². The molecule has 150 valence electrons. The number of hydrogen-bond acceptors (Lipinski definition) is 4. The summed E-state index contributed by atoms with van der Waals surface area (Å²) in [7, 11) is 1.84. The summed E-state index contributed by atoms with van der Waals surface area (Å²) in [5, 5.41) is 7.01. The van der Waals surface area contributed by atoms with Gasteiger partial charge < -0.3 is 20.3 Å². The van der Waals surface area contributed by atoms with Crippen molar-refractivity contribution in [3.8, 4) is 5.88 Å². The van der Waals surface area contributed by atoms with Crippen molar-refractivity contribution in [1.29, 1.82) is 0 Å². The van der Waals surface area contributed by atoms with E-state index in [1.807, 2.05) is 25.4 Å². The number of aromatic nitrogens is 1. The van der Waals surface area contributed by atoms with Gasteiger partial charge in [-0.1, -0.05) is 6.92 Å². The van der Waals surface area contributed by atoms with Crippen molar-refractivity contribution in [3.63, 3.8) is 0 Å². The van der Waals surface area contributed by atoms with E-state index < -0.39 is 0 Å². The normalized spacial score (nSPS) is 20.0. The van der Waals surface area contributed by atoms with E-state index in [1.165, 1.54) is 57.3 Å². The standard InChI is InChI=1S/C21H35N5O/c1-3-12-26-13-9-18(10-14-26)25-21(22-2)24-16-17-8-11-23-20(15-17)27-19-6-4-5-7-19/h8,11,15,18-19H,3-7,9-10,12-14,16H2,1-2H3,(H2,22,24,25). The van der Waals surface area contributed by atoms with Gasteiger partial charge in [-0.25, -0.2) is 4.98 Å². The number of nitrogens with one attached hydrogen (secondary N) is 2. The molecule has 0 radical (unpaired) electrons. The fraction of sp³-hybridized carbons (Fsp3) is 0.714. The van der Waals surface area contributed by atoms with Crippen LogP contribution >= 0.6 is 0 Å². The summed E-state index contributed by atoms with van der Waals surface area (Å²) in [4.78, 5) is 11.3. The number of aliphatic imine (C=N–C) groups is 1. The molecule has 0 bridgehead atoms. The summed E-state index contributed by atoms with van der Waals surface area (Å²) in [6.07, 6.45) is 10.6. The predicted molar refractivity (Wildman–Crippen MR) is 110 cm³/mol. The van der Waals surface area contributed by atoms with E-state index in [2.05, 4.69) is 32.4 Å².